The summed E-state index contributed by atoms with van der Waals surface area (Å²) in [7, 11) is 0. The van der Waals surface area contributed by atoms with Crippen LogP contribution in [0.1, 0.15) is 11.1 Å². The van der Waals surface area contributed by atoms with Crippen LogP contribution in [0.2, 0.25) is 5.02 Å². The van der Waals surface area contributed by atoms with Crippen molar-refractivity contribution in [3.05, 3.63) is 64.4 Å². The molecule has 1 nitrogen and oxygen atoms in total. The van der Waals surface area contributed by atoms with Gasteiger partial charge in [0.05, 0.1) is 5.56 Å². The third kappa shape index (κ3) is 3.42. The van der Waals surface area contributed by atoms with E-state index < -0.39 is 17.6 Å². The zero-order valence-electron chi connectivity index (χ0n) is 10.1. The molecule has 0 aliphatic rings. The number of nitrogens with one attached hydrogen (secondary N) is 1. The largest absolute Gasteiger partial charge is 0.416 e. The number of alkyl halides is 3. The maximum atomic E-state index is 13.5. The van der Waals surface area contributed by atoms with Crippen LogP contribution in [0.4, 0.5) is 23.2 Å². The molecule has 1 N–H and O–H groups in total. The summed E-state index contributed by atoms with van der Waals surface area (Å²) in [4.78, 5) is 0. The van der Waals surface area contributed by atoms with Crippen molar-refractivity contribution in [2.45, 2.75) is 12.7 Å². The first kappa shape index (κ1) is 14.7. The smallest absolute Gasteiger partial charge is 0.381 e. The standard InChI is InChI=1S/C14H10ClF4N/c15-12-5-2-6-13(16)11(12)8-20-10-4-1-3-9(7-10)14(17,18)19/h1-7,20H,8H2. The Kier molecular flexibility index (Phi) is 4.18. The Hall–Kier alpha value is -1.75. The first-order chi connectivity index (χ1) is 9.38. The molecule has 0 saturated carbocycles. The Labute approximate surface area is 118 Å². The first-order valence-corrected chi connectivity index (χ1v) is 6.10. The van der Waals surface area contributed by atoms with Crippen molar-refractivity contribution in [2.75, 3.05) is 5.32 Å². The fraction of sp³-hybridized carbons (Fsp3) is 0.143. The highest BCUT2D eigenvalue weighted by Gasteiger charge is 2.30. The average Bonchev–Trinajstić information content (AvgIpc) is 2.37. The number of hydrogen-bond acceptors (Lipinski definition) is 1. The maximum Gasteiger partial charge on any atom is 0.416 e. The van der Waals surface area contributed by atoms with Gasteiger partial charge in [-0.05, 0) is 30.3 Å². The van der Waals surface area contributed by atoms with E-state index in [0.717, 1.165) is 12.1 Å². The van der Waals surface area contributed by atoms with Gasteiger partial charge in [0.1, 0.15) is 5.82 Å². The highest BCUT2D eigenvalue weighted by atomic mass is 35.5. The Morgan fingerprint density at radius 1 is 1.05 bits per heavy atom. The van der Waals surface area contributed by atoms with Gasteiger partial charge in [0.25, 0.3) is 0 Å². The fourth-order valence-corrected chi connectivity index (χ4v) is 1.93. The lowest BCUT2D eigenvalue weighted by atomic mass is 10.1. The van der Waals surface area contributed by atoms with Crippen LogP contribution in [0.25, 0.3) is 0 Å². The monoisotopic (exact) mass is 303 g/mol. The third-order valence-electron chi connectivity index (χ3n) is 2.72. The number of halogens is 5. The van der Waals surface area contributed by atoms with Crippen molar-refractivity contribution in [1.29, 1.82) is 0 Å². The lowest BCUT2D eigenvalue weighted by Crippen LogP contribution is -2.07. The van der Waals surface area contributed by atoms with E-state index in [1.807, 2.05) is 0 Å². The minimum Gasteiger partial charge on any atom is -0.381 e. The van der Waals surface area contributed by atoms with Crippen LogP contribution in [0.3, 0.4) is 0 Å². The molecular formula is C14H10ClF4N. The molecule has 6 heteroatoms. The van der Waals surface area contributed by atoms with E-state index in [0.29, 0.717) is 0 Å². The zero-order valence-corrected chi connectivity index (χ0v) is 10.9. The topological polar surface area (TPSA) is 12.0 Å². The maximum absolute atomic E-state index is 13.5. The Morgan fingerprint density at radius 3 is 2.40 bits per heavy atom. The second kappa shape index (κ2) is 5.71. The summed E-state index contributed by atoms with van der Waals surface area (Å²) >= 11 is 5.84. The van der Waals surface area contributed by atoms with Crippen molar-refractivity contribution in [3.63, 3.8) is 0 Å². The molecule has 0 fully saturated rings. The van der Waals surface area contributed by atoms with E-state index >= 15 is 0 Å². The van der Waals surface area contributed by atoms with Gasteiger partial charge >= 0.3 is 6.18 Å². The van der Waals surface area contributed by atoms with Gasteiger partial charge in [-0.25, -0.2) is 4.39 Å². The first-order valence-electron chi connectivity index (χ1n) is 5.72. The molecule has 0 atom stereocenters. The number of hydrogen-bond donors (Lipinski definition) is 1. The molecule has 0 saturated heterocycles. The normalized spacial score (nSPS) is 11.4. The van der Waals surface area contributed by atoms with Crippen molar-refractivity contribution in [2.24, 2.45) is 0 Å². The zero-order chi connectivity index (χ0) is 14.8. The van der Waals surface area contributed by atoms with Gasteiger partial charge in [-0.1, -0.05) is 23.7 Å². The molecule has 0 aromatic heterocycles. The van der Waals surface area contributed by atoms with Gasteiger partial charge in [0, 0.05) is 22.8 Å². The molecule has 20 heavy (non-hydrogen) atoms. The molecule has 0 bridgehead atoms. The van der Waals surface area contributed by atoms with Crippen LogP contribution < -0.4 is 5.32 Å². The summed E-state index contributed by atoms with van der Waals surface area (Å²) in [6.45, 7) is 0.00676. The Morgan fingerprint density at radius 2 is 1.75 bits per heavy atom. The second-order valence-electron chi connectivity index (χ2n) is 4.13. The Balaban J connectivity index is 2.16. The van der Waals surface area contributed by atoms with E-state index in [4.69, 9.17) is 11.6 Å². The van der Waals surface area contributed by atoms with Crippen molar-refractivity contribution < 1.29 is 17.6 Å². The van der Waals surface area contributed by atoms with Gasteiger partial charge in [-0.3, -0.25) is 0 Å². The summed E-state index contributed by atoms with van der Waals surface area (Å²) in [5.41, 5.74) is -0.298. The van der Waals surface area contributed by atoms with Crippen LogP contribution in [-0.2, 0) is 12.7 Å². The molecule has 0 amide bonds. The van der Waals surface area contributed by atoms with E-state index in [2.05, 4.69) is 5.32 Å². The summed E-state index contributed by atoms with van der Waals surface area (Å²) in [5.74, 6) is -0.503. The van der Waals surface area contributed by atoms with E-state index in [9.17, 15) is 17.6 Å². The minimum absolute atomic E-state index is 0.00676. The quantitative estimate of drug-likeness (QED) is 0.777. The highest BCUT2D eigenvalue weighted by molar-refractivity contribution is 6.31. The molecule has 0 aliphatic heterocycles. The molecule has 0 radical (unpaired) electrons. The van der Waals surface area contributed by atoms with Crippen molar-refractivity contribution in [1.82, 2.24) is 0 Å². The predicted octanol–water partition coefficient (Wildman–Crippen LogP) is 5.11. The fourth-order valence-electron chi connectivity index (χ4n) is 1.70. The molecule has 0 heterocycles. The van der Waals surface area contributed by atoms with Crippen LogP contribution in [-0.4, -0.2) is 0 Å². The molecule has 2 aromatic rings. The van der Waals surface area contributed by atoms with Crippen LogP contribution in [0, 0.1) is 5.82 Å². The average molecular weight is 304 g/mol. The molecule has 2 aromatic carbocycles. The number of anilines is 1. The van der Waals surface area contributed by atoms with Crippen molar-refractivity contribution in [3.8, 4) is 0 Å². The van der Waals surface area contributed by atoms with E-state index in [-0.39, 0.29) is 22.8 Å². The van der Waals surface area contributed by atoms with Gasteiger partial charge in [0.2, 0.25) is 0 Å². The molecule has 0 aliphatic carbocycles. The lowest BCUT2D eigenvalue weighted by Gasteiger charge is -2.11. The minimum atomic E-state index is -4.41. The molecule has 106 valence electrons. The highest BCUT2D eigenvalue weighted by Crippen LogP contribution is 2.31. The summed E-state index contributed by atoms with van der Waals surface area (Å²) < 4.78 is 51.2. The van der Waals surface area contributed by atoms with Crippen LogP contribution in [0.5, 0.6) is 0 Å². The van der Waals surface area contributed by atoms with Gasteiger partial charge in [-0.2, -0.15) is 13.2 Å². The third-order valence-corrected chi connectivity index (χ3v) is 3.07. The number of benzene rings is 2. The van der Waals surface area contributed by atoms with E-state index in [1.165, 1.54) is 30.3 Å². The van der Waals surface area contributed by atoms with Gasteiger partial charge < -0.3 is 5.32 Å². The second-order valence-corrected chi connectivity index (χ2v) is 4.54. The van der Waals surface area contributed by atoms with Crippen molar-refractivity contribution >= 4 is 17.3 Å². The number of rotatable bonds is 3. The molecule has 0 unspecified atom stereocenters. The summed E-state index contributed by atoms with van der Waals surface area (Å²) in [6.07, 6.45) is -4.41. The Bertz CT molecular complexity index is 590. The molecule has 2 rings (SSSR count). The summed E-state index contributed by atoms with van der Waals surface area (Å²) in [5, 5.41) is 2.96. The molecular weight excluding hydrogens is 294 g/mol. The van der Waals surface area contributed by atoms with Crippen LogP contribution in [0.15, 0.2) is 42.5 Å². The lowest BCUT2D eigenvalue weighted by molar-refractivity contribution is -0.137. The SMILES string of the molecule is Fc1cccc(Cl)c1CNc1cccc(C(F)(F)F)c1. The summed E-state index contributed by atoms with van der Waals surface area (Å²) in [6, 6.07) is 8.93. The van der Waals surface area contributed by atoms with Gasteiger partial charge in [-0.15, -0.1) is 0 Å². The van der Waals surface area contributed by atoms with Crippen LogP contribution >= 0.6 is 11.6 Å². The van der Waals surface area contributed by atoms with E-state index in [1.54, 1.807) is 0 Å². The molecule has 0 spiro atoms. The predicted molar refractivity (Wildman–Crippen MR) is 70.2 cm³/mol. The van der Waals surface area contributed by atoms with Gasteiger partial charge in [0.15, 0.2) is 0 Å².